The van der Waals surface area contributed by atoms with Crippen molar-refractivity contribution in [1.29, 1.82) is 0 Å². The molecule has 0 aliphatic heterocycles. The first kappa shape index (κ1) is 12.5. The van der Waals surface area contributed by atoms with E-state index in [1.807, 2.05) is 0 Å². The van der Waals surface area contributed by atoms with Crippen LogP contribution in [0, 0.1) is 17.6 Å². The number of halogens is 2. The molecule has 0 saturated heterocycles. The third-order valence-corrected chi connectivity index (χ3v) is 3.66. The van der Waals surface area contributed by atoms with Crippen molar-refractivity contribution in [2.45, 2.75) is 45.2 Å². The van der Waals surface area contributed by atoms with Gasteiger partial charge in [0.1, 0.15) is 11.6 Å². The van der Waals surface area contributed by atoms with E-state index in [-0.39, 0.29) is 0 Å². The van der Waals surface area contributed by atoms with Crippen LogP contribution in [0.3, 0.4) is 0 Å². The maximum atomic E-state index is 13.0. The molecule has 1 aromatic carbocycles. The van der Waals surface area contributed by atoms with E-state index in [1.165, 1.54) is 37.8 Å². The van der Waals surface area contributed by atoms with Gasteiger partial charge in [-0.25, -0.2) is 8.78 Å². The summed E-state index contributed by atoms with van der Waals surface area (Å²) in [5.41, 5.74) is 0.673. The van der Waals surface area contributed by atoms with Gasteiger partial charge in [-0.2, -0.15) is 0 Å². The monoisotopic (exact) mass is 239 g/mol. The largest absolute Gasteiger partial charge is 0.310 e. The second-order valence-electron chi connectivity index (χ2n) is 4.99. The molecule has 1 aliphatic rings. The van der Waals surface area contributed by atoms with E-state index in [2.05, 4.69) is 12.2 Å². The van der Waals surface area contributed by atoms with Gasteiger partial charge in [-0.3, -0.25) is 0 Å². The Morgan fingerprint density at radius 2 is 1.76 bits per heavy atom. The normalized spacial score (nSPS) is 18.5. The van der Waals surface area contributed by atoms with Crippen LogP contribution in [0.5, 0.6) is 0 Å². The lowest BCUT2D eigenvalue weighted by atomic mass is 9.99. The Labute approximate surface area is 101 Å². The highest BCUT2D eigenvalue weighted by Crippen LogP contribution is 2.27. The molecule has 1 N–H and O–H groups in total. The first-order valence-electron chi connectivity index (χ1n) is 6.33. The number of hydrogen-bond acceptors (Lipinski definition) is 1. The first-order valence-corrected chi connectivity index (χ1v) is 6.33. The molecular weight excluding hydrogens is 220 g/mol. The minimum atomic E-state index is -0.504. The number of rotatable bonds is 4. The van der Waals surface area contributed by atoms with Gasteiger partial charge >= 0.3 is 0 Å². The molecule has 0 aromatic heterocycles. The van der Waals surface area contributed by atoms with Gasteiger partial charge in [0.05, 0.1) is 0 Å². The molecule has 1 saturated carbocycles. The smallest absolute Gasteiger partial charge is 0.126 e. The number of hydrogen-bond donors (Lipinski definition) is 1. The van der Waals surface area contributed by atoms with Gasteiger partial charge in [0.2, 0.25) is 0 Å². The van der Waals surface area contributed by atoms with Crippen molar-refractivity contribution in [2.24, 2.45) is 5.92 Å². The molecule has 3 heteroatoms. The summed E-state index contributed by atoms with van der Waals surface area (Å²) in [4.78, 5) is 0. The highest BCUT2D eigenvalue weighted by molar-refractivity contribution is 5.17. The lowest BCUT2D eigenvalue weighted by Gasteiger charge is -2.20. The summed E-state index contributed by atoms with van der Waals surface area (Å²) in [6, 6.07) is 4.10. The molecule has 0 spiro atoms. The Balaban J connectivity index is 1.88. The average molecular weight is 239 g/mol. The zero-order chi connectivity index (χ0) is 12.3. The minimum absolute atomic E-state index is 0.420. The van der Waals surface area contributed by atoms with Gasteiger partial charge in [0, 0.05) is 18.7 Å². The summed E-state index contributed by atoms with van der Waals surface area (Å²) in [7, 11) is 0. The Kier molecular flexibility index (Phi) is 4.11. The highest BCUT2D eigenvalue weighted by Gasteiger charge is 2.20. The summed E-state index contributed by atoms with van der Waals surface area (Å²) >= 11 is 0. The lowest BCUT2D eigenvalue weighted by Crippen LogP contribution is -2.31. The first-order chi connectivity index (χ1) is 8.15. The van der Waals surface area contributed by atoms with Crippen LogP contribution in [0.15, 0.2) is 18.2 Å². The van der Waals surface area contributed by atoms with Crippen LogP contribution < -0.4 is 5.32 Å². The molecular formula is C14H19F2N. The van der Waals surface area contributed by atoms with Gasteiger partial charge in [0.15, 0.2) is 0 Å². The standard InChI is InChI=1S/C14H19F2N/c1-10(12-4-2-3-5-12)17-9-11-6-13(15)8-14(16)7-11/h6-8,10,12,17H,2-5,9H2,1H3. The Morgan fingerprint density at radius 1 is 1.18 bits per heavy atom. The summed E-state index contributed by atoms with van der Waals surface area (Å²) in [6.07, 6.45) is 5.16. The van der Waals surface area contributed by atoms with E-state index >= 15 is 0 Å². The molecule has 0 heterocycles. The quantitative estimate of drug-likeness (QED) is 0.846. The molecule has 2 rings (SSSR count). The predicted molar refractivity (Wildman–Crippen MR) is 64.6 cm³/mol. The van der Waals surface area contributed by atoms with Crippen LogP contribution in [0.25, 0.3) is 0 Å². The van der Waals surface area contributed by atoms with Crippen molar-refractivity contribution in [3.63, 3.8) is 0 Å². The lowest BCUT2D eigenvalue weighted by molar-refractivity contribution is 0.380. The summed E-state index contributed by atoms with van der Waals surface area (Å²) < 4.78 is 26.0. The topological polar surface area (TPSA) is 12.0 Å². The summed E-state index contributed by atoms with van der Waals surface area (Å²) in [5, 5.41) is 3.36. The Bertz CT molecular complexity index is 352. The average Bonchev–Trinajstić information content (AvgIpc) is 2.78. The molecule has 0 radical (unpaired) electrons. The molecule has 0 bridgehead atoms. The van der Waals surface area contributed by atoms with E-state index in [0.29, 0.717) is 24.1 Å². The Hall–Kier alpha value is -0.960. The highest BCUT2D eigenvalue weighted by atomic mass is 19.1. The van der Waals surface area contributed by atoms with Crippen LogP contribution in [-0.4, -0.2) is 6.04 Å². The molecule has 1 atom stereocenters. The molecule has 0 amide bonds. The van der Waals surface area contributed by atoms with Crippen molar-refractivity contribution in [2.75, 3.05) is 0 Å². The second kappa shape index (κ2) is 5.58. The van der Waals surface area contributed by atoms with Crippen molar-refractivity contribution in [3.05, 3.63) is 35.4 Å². The van der Waals surface area contributed by atoms with Crippen LogP contribution in [0.2, 0.25) is 0 Å². The number of benzene rings is 1. The van der Waals surface area contributed by atoms with E-state index in [1.54, 1.807) is 0 Å². The van der Waals surface area contributed by atoms with Gasteiger partial charge < -0.3 is 5.32 Å². The van der Waals surface area contributed by atoms with Crippen LogP contribution in [-0.2, 0) is 6.54 Å². The SMILES string of the molecule is CC(NCc1cc(F)cc(F)c1)C1CCCC1. The van der Waals surface area contributed by atoms with Crippen LogP contribution in [0.4, 0.5) is 8.78 Å². The molecule has 17 heavy (non-hydrogen) atoms. The third-order valence-electron chi connectivity index (χ3n) is 3.66. The summed E-state index contributed by atoms with van der Waals surface area (Å²) in [6.45, 7) is 2.69. The third kappa shape index (κ3) is 3.50. The van der Waals surface area contributed by atoms with E-state index in [4.69, 9.17) is 0 Å². The predicted octanol–water partition coefficient (Wildman–Crippen LogP) is 3.63. The van der Waals surface area contributed by atoms with Crippen LogP contribution >= 0.6 is 0 Å². The maximum absolute atomic E-state index is 13.0. The van der Waals surface area contributed by atoms with E-state index in [9.17, 15) is 8.78 Å². The molecule has 1 nitrogen and oxygen atoms in total. The molecule has 1 unspecified atom stereocenters. The van der Waals surface area contributed by atoms with Crippen molar-refractivity contribution >= 4 is 0 Å². The van der Waals surface area contributed by atoms with Crippen molar-refractivity contribution in [3.8, 4) is 0 Å². The molecule has 1 aliphatic carbocycles. The van der Waals surface area contributed by atoms with Gasteiger partial charge in [-0.1, -0.05) is 12.8 Å². The molecule has 1 aromatic rings. The zero-order valence-electron chi connectivity index (χ0n) is 10.2. The number of nitrogens with one attached hydrogen (secondary N) is 1. The van der Waals surface area contributed by atoms with Gasteiger partial charge in [-0.15, -0.1) is 0 Å². The fraction of sp³-hybridized carbons (Fsp3) is 0.571. The van der Waals surface area contributed by atoms with Crippen molar-refractivity contribution in [1.82, 2.24) is 5.32 Å². The molecule has 94 valence electrons. The fourth-order valence-electron chi connectivity index (χ4n) is 2.62. The zero-order valence-corrected chi connectivity index (χ0v) is 10.2. The van der Waals surface area contributed by atoms with Crippen molar-refractivity contribution < 1.29 is 8.78 Å². The van der Waals surface area contributed by atoms with E-state index < -0.39 is 11.6 Å². The fourth-order valence-corrected chi connectivity index (χ4v) is 2.62. The minimum Gasteiger partial charge on any atom is -0.310 e. The second-order valence-corrected chi connectivity index (χ2v) is 4.99. The van der Waals surface area contributed by atoms with Crippen LogP contribution in [0.1, 0.15) is 38.2 Å². The molecule has 1 fully saturated rings. The Morgan fingerprint density at radius 3 is 2.35 bits per heavy atom. The summed E-state index contributed by atoms with van der Waals surface area (Å²) in [5.74, 6) is -0.293. The van der Waals surface area contributed by atoms with Gasteiger partial charge in [-0.05, 0) is 43.4 Å². The van der Waals surface area contributed by atoms with E-state index in [0.717, 1.165) is 6.07 Å². The maximum Gasteiger partial charge on any atom is 0.126 e. The van der Waals surface area contributed by atoms with Gasteiger partial charge in [0.25, 0.3) is 0 Å².